The minimum Gasteiger partial charge on any atom is -0.469 e. The summed E-state index contributed by atoms with van der Waals surface area (Å²) in [6.45, 7) is 0.870. The van der Waals surface area contributed by atoms with Gasteiger partial charge in [-0.1, -0.05) is 0 Å². The third-order valence-electron chi connectivity index (χ3n) is 1.04. The van der Waals surface area contributed by atoms with Gasteiger partial charge in [-0.3, -0.25) is 4.79 Å². The quantitative estimate of drug-likeness (QED) is 0.492. The molecule has 0 aromatic rings. The van der Waals surface area contributed by atoms with Crippen molar-refractivity contribution in [1.82, 2.24) is 5.32 Å². The van der Waals surface area contributed by atoms with Gasteiger partial charge in [0, 0.05) is 6.42 Å². The summed E-state index contributed by atoms with van der Waals surface area (Å²) in [5, 5.41) is 2.94. The van der Waals surface area contributed by atoms with E-state index in [9.17, 15) is 4.79 Å². The number of carbonyl (C=O) groups is 1. The van der Waals surface area contributed by atoms with E-state index < -0.39 is 0 Å². The molecule has 0 saturated carbocycles. The summed E-state index contributed by atoms with van der Waals surface area (Å²) in [4.78, 5) is 10.4. The van der Waals surface area contributed by atoms with Crippen molar-refractivity contribution >= 4 is 18.4 Å². The standard InChI is InChI=1S/C6H13NO2.ClH/c1-7-5-3-4-6(8)9-2;/h7H,3-5H2,1-2H3;1H. The lowest BCUT2D eigenvalue weighted by molar-refractivity contribution is -0.140. The molecule has 0 bridgehead atoms. The molecule has 0 fully saturated rings. The number of carbonyl (C=O) groups excluding carboxylic acids is 1. The lowest BCUT2D eigenvalue weighted by Gasteiger charge is -1.96. The number of rotatable bonds is 4. The maximum atomic E-state index is 10.4. The molecule has 0 aliphatic carbocycles. The molecule has 0 heterocycles. The van der Waals surface area contributed by atoms with Crippen LogP contribution in [0.2, 0.25) is 0 Å². The lowest BCUT2D eigenvalue weighted by atomic mass is 10.3. The molecule has 0 rings (SSSR count). The molecule has 0 radical (unpaired) electrons. The highest BCUT2D eigenvalue weighted by Crippen LogP contribution is 1.88. The average Bonchev–Trinajstić information content (AvgIpc) is 1.89. The molecule has 0 spiro atoms. The van der Waals surface area contributed by atoms with Gasteiger partial charge in [0.25, 0.3) is 0 Å². The van der Waals surface area contributed by atoms with Crippen molar-refractivity contribution in [1.29, 1.82) is 0 Å². The van der Waals surface area contributed by atoms with Crippen LogP contribution in [0.4, 0.5) is 0 Å². The topological polar surface area (TPSA) is 38.3 Å². The fourth-order valence-electron chi connectivity index (χ4n) is 0.512. The van der Waals surface area contributed by atoms with E-state index in [0.717, 1.165) is 13.0 Å². The highest BCUT2D eigenvalue weighted by atomic mass is 35.5. The van der Waals surface area contributed by atoms with Crippen LogP contribution < -0.4 is 5.32 Å². The molecule has 0 unspecified atom stereocenters. The first-order valence-electron chi connectivity index (χ1n) is 3.02. The van der Waals surface area contributed by atoms with Crippen molar-refractivity contribution in [2.45, 2.75) is 12.8 Å². The zero-order chi connectivity index (χ0) is 7.11. The number of ether oxygens (including phenoxy) is 1. The van der Waals surface area contributed by atoms with Crippen LogP contribution in [0, 0.1) is 0 Å². The Labute approximate surface area is 67.5 Å². The van der Waals surface area contributed by atoms with Crippen LogP contribution in [-0.4, -0.2) is 26.7 Å². The van der Waals surface area contributed by atoms with Crippen LogP contribution >= 0.6 is 12.4 Å². The van der Waals surface area contributed by atoms with Gasteiger partial charge in [-0.05, 0) is 20.0 Å². The monoisotopic (exact) mass is 167 g/mol. The number of methoxy groups -OCH3 is 1. The van der Waals surface area contributed by atoms with Gasteiger partial charge >= 0.3 is 5.97 Å². The molecule has 0 aromatic heterocycles. The molecule has 62 valence electrons. The van der Waals surface area contributed by atoms with E-state index in [1.165, 1.54) is 7.11 Å². The minimum absolute atomic E-state index is 0. The highest BCUT2D eigenvalue weighted by Gasteiger charge is 1.96. The minimum atomic E-state index is -0.134. The summed E-state index contributed by atoms with van der Waals surface area (Å²) < 4.78 is 4.43. The van der Waals surface area contributed by atoms with E-state index >= 15 is 0 Å². The first-order chi connectivity index (χ1) is 4.31. The first-order valence-corrected chi connectivity index (χ1v) is 3.02. The maximum absolute atomic E-state index is 10.4. The van der Waals surface area contributed by atoms with Crippen molar-refractivity contribution in [2.24, 2.45) is 0 Å². The second kappa shape index (κ2) is 8.72. The van der Waals surface area contributed by atoms with Crippen molar-refractivity contribution < 1.29 is 9.53 Å². The Bertz CT molecular complexity index is 87.8. The summed E-state index contributed by atoms with van der Waals surface area (Å²) in [6, 6.07) is 0. The van der Waals surface area contributed by atoms with Gasteiger partial charge < -0.3 is 10.1 Å². The van der Waals surface area contributed by atoms with Gasteiger partial charge in [0.15, 0.2) is 0 Å². The Hall–Kier alpha value is -0.280. The van der Waals surface area contributed by atoms with Gasteiger partial charge in [-0.2, -0.15) is 0 Å². The average molecular weight is 168 g/mol. The normalized spacial score (nSPS) is 8.20. The molecule has 0 saturated heterocycles. The van der Waals surface area contributed by atoms with Crippen LogP contribution in [0.3, 0.4) is 0 Å². The molecule has 0 amide bonds. The lowest BCUT2D eigenvalue weighted by Crippen LogP contribution is -2.10. The molecule has 1 N–H and O–H groups in total. The Kier molecular flexibility index (Phi) is 10.8. The first kappa shape index (κ1) is 12.4. The van der Waals surface area contributed by atoms with Gasteiger partial charge in [-0.15, -0.1) is 12.4 Å². The fraction of sp³-hybridized carbons (Fsp3) is 0.833. The molecule has 3 nitrogen and oxygen atoms in total. The third-order valence-corrected chi connectivity index (χ3v) is 1.04. The van der Waals surface area contributed by atoms with E-state index in [4.69, 9.17) is 0 Å². The Morgan fingerprint density at radius 2 is 2.20 bits per heavy atom. The highest BCUT2D eigenvalue weighted by molar-refractivity contribution is 5.85. The summed E-state index contributed by atoms with van der Waals surface area (Å²) >= 11 is 0. The molecule has 0 aliphatic heterocycles. The molecule has 4 heteroatoms. The van der Waals surface area contributed by atoms with Crippen molar-refractivity contribution in [3.05, 3.63) is 0 Å². The summed E-state index contributed by atoms with van der Waals surface area (Å²) in [6.07, 6.45) is 1.36. The fourth-order valence-corrected chi connectivity index (χ4v) is 0.512. The summed E-state index contributed by atoms with van der Waals surface area (Å²) in [5.74, 6) is -0.134. The SMILES string of the molecule is CNCCCC(=O)OC.Cl. The third kappa shape index (κ3) is 7.72. The molecule has 0 atom stereocenters. The second-order valence-electron chi connectivity index (χ2n) is 1.78. The van der Waals surface area contributed by atoms with E-state index in [2.05, 4.69) is 10.1 Å². The number of hydrogen-bond donors (Lipinski definition) is 1. The zero-order valence-corrected chi connectivity index (χ0v) is 7.16. The van der Waals surface area contributed by atoms with E-state index in [1.54, 1.807) is 0 Å². The second-order valence-corrected chi connectivity index (χ2v) is 1.78. The number of nitrogens with one attached hydrogen (secondary N) is 1. The van der Waals surface area contributed by atoms with Crippen LogP contribution in [0.15, 0.2) is 0 Å². The van der Waals surface area contributed by atoms with Crippen molar-refractivity contribution in [3.63, 3.8) is 0 Å². The molecular formula is C6H14ClNO2. The molecule has 0 aromatic carbocycles. The van der Waals surface area contributed by atoms with Crippen LogP contribution in [-0.2, 0) is 9.53 Å². The Morgan fingerprint density at radius 3 is 2.60 bits per heavy atom. The van der Waals surface area contributed by atoms with E-state index in [0.29, 0.717) is 6.42 Å². The Morgan fingerprint density at radius 1 is 1.60 bits per heavy atom. The van der Waals surface area contributed by atoms with E-state index in [1.807, 2.05) is 7.05 Å². The van der Waals surface area contributed by atoms with Gasteiger partial charge in [0.2, 0.25) is 0 Å². The Balaban J connectivity index is 0. The maximum Gasteiger partial charge on any atom is 0.305 e. The molecular weight excluding hydrogens is 154 g/mol. The zero-order valence-electron chi connectivity index (χ0n) is 6.35. The number of hydrogen-bond acceptors (Lipinski definition) is 3. The van der Waals surface area contributed by atoms with Crippen LogP contribution in [0.5, 0.6) is 0 Å². The molecule has 10 heavy (non-hydrogen) atoms. The van der Waals surface area contributed by atoms with Crippen LogP contribution in [0.25, 0.3) is 0 Å². The van der Waals surface area contributed by atoms with Gasteiger partial charge in [0.05, 0.1) is 7.11 Å². The van der Waals surface area contributed by atoms with Crippen molar-refractivity contribution in [3.8, 4) is 0 Å². The summed E-state index contributed by atoms with van der Waals surface area (Å²) in [7, 11) is 3.26. The van der Waals surface area contributed by atoms with Crippen molar-refractivity contribution in [2.75, 3.05) is 20.7 Å². The summed E-state index contributed by atoms with van der Waals surface area (Å²) in [5.41, 5.74) is 0. The van der Waals surface area contributed by atoms with Gasteiger partial charge in [-0.25, -0.2) is 0 Å². The predicted molar refractivity (Wildman–Crippen MR) is 42.4 cm³/mol. The predicted octanol–water partition coefficient (Wildman–Crippen LogP) is 0.581. The largest absolute Gasteiger partial charge is 0.469 e. The number of halogens is 1. The smallest absolute Gasteiger partial charge is 0.305 e. The van der Waals surface area contributed by atoms with Crippen LogP contribution in [0.1, 0.15) is 12.8 Å². The molecule has 0 aliphatic rings. The number of esters is 1. The van der Waals surface area contributed by atoms with E-state index in [-0.39, 0.29) is 18.4 Å². The van der Waals surface area contributed by atoms with Gasteiger partial charge in [0.1, 0.15) is 0 Å².